The summed E-state index contributed by atoms with van der Waals surface area (Å²) in [6.07, 6.45) is 1.69. The maximum absolute atomic E-state index is 14.1. The van der Waals surface area contributed by atoms with Crippen LogP contribution < -0.4 is 0 Å². The summed E-state index contributed by atoms with van der Waals surface area (Å²) in [7, 11) is 0. The van der Waals surface area contributed by atoms with E-state index in [1.54, 1.807) is 6.07 Å². The van der Waals surface area contributed by atoms with Crippen molar-refractivity contribution in [2.75, 3.05) is 13.1 Å². The lowest BCUT2D eigenvalue weighted by atomic mass is 9.76. The summed E-state index contributed by atoms with van der Waals surface area (Å²) in [5.74, 6) is -2.12. The smallest absolute Gasteiger partial charge is 0.311 e. The molecule has 2 aromatic rings. The highest BCUT2D eigenvalue weighted by molar-refractivity contribution is 6.30. The first kappa shape index (κ1) is 18.3. The number of aliphatic carboxylic acids is 1. The molecular weight excluding hydrogens is 363 g/mol. The average molecular weight is 381 g/mol. The van der Waals surface area contributed by atoms with Gasteiger partial charge in [-0.2, -0.15) is 0 Å². The van der Waals surface area contributed by atoms with Crippen LogP contribution in [0.4, 0.5) is 4.39 Å². The molecule has 9 heteroatoms. The maximum Gasteiger partial charge on any atom is 0.311 e. The van der Waals surface area contributed by atoms with Gasteiger partial charge in [0.1, 0.15) is 5.69 Å². The molecule has 0 saturated carbocycles. The zero-order chi connectivity index (χ0) is 19.1. The van der Waals surface area contributed by atoms with Crippen LogP contribution in [0.2, 0.25) is 5.02 Å². The Morgan fingerprint density at radius 1 is 1.38 bits per heavy atom. The van der Waals surface area contributed by atoms with Crippen molar-refractivity contribution in [2.45, 2.75) is 20.3 Å². The van der Waals surface area contributed by atoms with Crippen molar-refractivity contribution in [1.82, 2.24) is 19.9 Å². The SMILES string of the molecule is CC(C)C1(C(=O)O)CCN(C(=O)c2cn(-c3cccc(Cl)c3F)nn2)C1. The fourth-order valence-corrected chi connectivity index (χ4v) is 3.38. The van der Waals surface area contributed by atoms with Gasteiger partial charge in [0.2, 0.25) is 0 Å². The van der Waals surface area contributed by atoms with Crippen LogP contribution in [-0.2, 0) is 4.79 Å². The molecule has 0 radical (unpaired) electrons. The van der Waals surface area contributed by atoms with Crippen LogP contribution in [0.5, 0.6) is 0 Å². The predicted octanol–water partition coefficient (Wildman–Crippen LogP) is 2.63. The largest absolute Gasteiger partial charge is 0.481 e. The molecule has 1 fully saturated rings. The Labute approximate surface area is 154 Å². The fourth-order valence-electron chi connectivity index (χ4n) is 3.21. The molecule has 0 bridgehead atoms. The van der Waals surface area contributed by atoms with Crippen molar-refractivity contribution >= 4 is 23.5 Å². The molecule has 1 aliphatic heterocycles. The molecular formula is C17H18ClFN4O3. The van der Waals surface area contributed by atoms with Crippen LogP contribution >= 0.6 is 11.6 Å². The van der Waals surface area contributed by atoms with E-state index in [0.29, 0.717) is 13.0 Å². The number of hydrogen-bond acceptors (Lipinski definition) is 4. The Balaban J connectivity index is 1.83. The Hall–Kier alpha value is -2.48. The number of carbonyl (C=O) groups excluding carboxylic acids is 1. The van der Waals surface area contributed by atoms with Crippen molar-refractivity contribution in [3.63, 3.8) is 0 Å². The van der Waals surface area contributed by atoms with Gasteiger partial charge < -0.3 is 10.0 Å². The number of hydrogen-bond donors (Lipinski definition) is 1. The highest BCUT2D eigenvalue weighted by atomic mass is 35.5. The summed E-state index contributed by atoms with van der Waals surface area (Å²) in [5.41, 5.74) is -0.869. The third-order valence-corrected chi connectivity index (χ3v) is 5.30. The zero-order valence-electron chi connectivity index (χ0n) is 14.3. The molecule has 7 nitrogen and oxygen atoms in total. The van der Waals surface area contributed by atoms with Gasteiger partial charge >= 0.3 is 5.97 Å². The molecule has 2 heterocycles. The van der Waals surface area contributed by atoms with Crippen LogP contribution in [0.1, 0.15) is 30.8 Å². The lowest BCUT2D eigenvalue weighted by molar-refractivity contribution is -0.150. The summed E-state index contributed by atoms with van der Waals surface area (Å²) in [6.45, 7) is 4.10. The number of nitrogens with zero attached hydrogens (tertiary/aromatic N) is 4. The summed E-state index contributed by atoms with van der Waals surface area (Å²) in [5, 5.41) is 17.1. The first-order valence-corrected chi connectivity index (χ1v) is 8.53. The lowest BCUT2D eigenvalue weighted by Gasteiger charge is -2.28. The quantitative estimate of drug-likeness (QED) is 0.880. The van der Waals surface area contributed by atoms with Crippen molar-refractivity contribution in [1.29, 1.82) is 0 Å². The van der Waals surface area contributed by atoms with Crippen molar-refractivity contribution in [3.8, 4) is 5.69 Å². The average Bonchev–Trinajstić information content (AvgIpc) is 3.24. The standard InChI is InChI=1S/C17H18ClFN4O3/c1-10(2)17(16(25)26)6-7-22(9-17)15(24)12-8-23(21-20-12)13-5-3-4-11(18)14(13)19/h3-5,8,10H,6-7,9H2,1-2H3,(H,25,26). The molecule has 1 N–H and O–H groups in total. The molecule has 0 aliphatic carbocycles. The van der Waals surface area contributed by atoms with E-state index in [2.05, 4.69) is 10.3 Å². The number of amides is 1. The number of rotatable bonds is 4. The number of likely N-dealkylation sites (tertiary alicyclic amines) is 1. The number of carboxylic acid groups (broad SMARTS) is 1. The predicted molar refractivity (Wildman–Crippen MR) is 91.8 cm³/mol. The summed E-state index contributed by atoms with van der Waals surface area (Å²) >= 11 is 5.76. The second kappa shape index (κ2) is 6.68. The van der Waals surface area contributed by atoms with E-state index in [-0.39, 0.29) is 28.9 Å². The van der Waals surface area contributed by atoms with Crippen LogP contribution in [0, 0.1) is 17.2 Å². The van der Waals surface area contributed by atoms with E-state index in [1.165, 1.54) is 23.2 Å². The molecule has 1 saturated heterocycles. The van der Waals surface area contributed by atoms with E-state index >= 15 is 0 Å². The van der Waals surface area contributed by atoms with E-state index < -0.39 is 23.1 Å². The molecule has 1 aromatic heterocycles. The summed E-state index contributed by atoms with van der Waals surface area (Å²) in [6, 6.07) is 4.44. The Morgan fingerprint density at radius 3 is 2.73 bits per heavy atom. The summed E-state index contributed by atoms with van der Waals surface area (Å²) < 4.78 is 15.2. The van der Waals surface area contributed by atoms with Crippen LogP contribution in [0.25, 0.3) is 5.69 Å². The van der Waals surface area contributed by atoms with Gasteiger partial charge in [0.15, 0.2) is 11.5 Å². The van der Waals surface area contributed by atoms with E-state index in [9.17, 15) is 19.1 Å². The number of benzene rings is 1. The minimum atomic E-state index is -0.968. The lowest BCUT2D eigenvalue weighted by Crippen LogP contribution is -2.40. The van der Waals surface area contributed by atoms with Crippen molar-refractivity contribution in [2.24, 2.45) is 11.3 Å². The molecule has 1 amide bonds. The molecule has 3 rings (SSSR count). The zero-order valence-corrected chi connectivity index (χ0v) is 15.1. The molecule has 26 heavy (non-hydrogen) atoms. The third kappa shape index (κ3) is 2.94. The van der Waals surface area contributed by atoms with Crippen molar-refractivity contribution in [3.05, 3.63) is 40.9 Å². The number of carboxylic acids is 1. The molecule has 0 spiro atoms. The Morgan fingerprint density at radius 2 is 2.12 bits per heavy atom. The van der Waals surface area contributed by atoms with Gasteiger partial charge in [0, 0.05) is 13.1 Å². The van der Waals surface area contributed by atoms with Gasteiger partial charge in [-0.1, -0.05) is 36.7 Å². The summed E-state index contributed by atoms with van der Waals surface area (Å²) in [4.78, 5) is 25.8. The van der Waals surface area contributed by atoms with Crippen LogP contribution in [0.15, 0.2) is 24.4 Å². The van der Waals surface area contributed by atoms with Crippen LogP contribution in [-0.4, -0.2) is 50.0 Å². The number of carbonyl (C=O) groups is 2. The minimum Gasteiger partial charge on any atom is -0.481 e. The van der Waals surface area contributed by atoms with Gasteiger partial charge in [0.05, 0.1) is 16.6 Å². The van der Waals surface area contributed by atoms with Crippen molar-refractivity contribution < 1.29 is 19.1 Å². The molecule has 1 aliphatic rings. The van der Waals surface area contributed by atoms with E-state index in [1.807, 2.05) is 13.8 Å². The fraction of sp³-hybridized carbons (Fsp3) is 0.412. The highest BCUT2D eigenvalue weighted by Crippen LogP contribution is 2.38. The van der Waals surface area contributed by atoms with E-state index in [0.717, 1.165) is 4.68 Å². The van der Waals surface area contributed by atoms with E-state index in [4.69, 9.17) is 11.6 Å². The van der Waals surface area contributed by atoms with Gasteiger partial charge in [-0.3, -0.25) is 9.59 Å². The normalized spacial score (nSPS) is 20.0. The highest BCUT2D eigenvalue weighted by Gasteiger charge is 2.48. The topological polar surface area (TPSA) is 88.3 Å². The molecule has 1 aromatic carbocycles. The number of halogens is 2. The Bertz CT molecular complexity index is 869. The second-order valence-corrected chi connectivity index (χ2v) is 7.12. The van der Waals surface area contributed by atoms with Gasteiger partial charge in [-0.05, 0) is 24.5 Å². The molecule has 1 atom stereocenters. The second-order valence-electron chi connectivity index (χ2n) is 6.71. The van der Waals surface area contributed by atoms with Gasteiger partial charge in [0.25, 0.3) is 5.91 Å². The minimum absolute atomic E-state index is 0.0225. The van der Waals surface area contributed by atoms with Gasteiger partial charge in [-0.15, -0.1) is 5.10 Å². The molecule has 1 unspecified atom stereocenters. The van der Waals surface area contributed by atoms with Crippen LogP contribution in [0.3, 0.4) is 0 Å². The Kier molecular flexibility index (Phi) is 4.70. The monoisotopic (exact) mass is 380 g/mol. The third-order valence-electron chi connectivity index (χ3n) is 5.01. The number of aromatic nitrogens is 3. The first-order chi connectivity index (χ1) is 12.3. The van der Waals surface area contributed by atoms with Gasteiger partial charge in [-0.25, -0.2) is 9.07 Å². The maximum atomic E-state index is 14.1. The molecule has 138 valence electrons. The first-order valence-electron chi connectivity index (χ1n) is 8.15.